The van der Waals surface area contributed by atoms with E-state index in [1.807, 2.05) is 12.1 Å². The summed E-state index contributed by atoms with van der Waals surface area (Å²) in [5, 5.41) is 12.7. The lowest BCUT2D eigenvalue weighted by molar-refractivity contribution is 0.103. The summed E-state index contributed by atoms with van der Waals surface area (Å²) in [6.07, 6.45) is 5.74. The number of aliphatic imine (C=N–C) groups is 1. The molecule has 0 radical (unpaired) electrons. The van der Waals surface area contributed by atoms with E-state index in [0.717, 1.165) is 12.8 Å². The second-order valence-electron chi connectivity index (χ2n) is 7.93. The first-order valence-electron chi connectivity index (χ1n) is 10.8. The van der Waals surface area contributed by atoms with E-state index in [1.165, 1.54) is 6.21 Å². The number of nitrogens with zero attached hydrogens (tertiary/aromatic N) is 1. The van der Waals surface area contributed by atoms with Gasteiger partial charge in [0.1, 0.15) is 5.75 Å². The van der Waals surface area contributed by atoms with Gasteiger partial charge in [-0.25, -0.2) is 4.99 Å². The molecule has 1 saturated carbocycles. The summed E-state index contributed by atoms with van der Waals surface area (Å²) in [5.74, 6) is 0.616. The Morgan fingerprint density at radius 2 is 1.79 bits per heavy atom. The summed E-state index contributed by atoms with van der Waals surface area (Å²) in [4.78, 5) is 17.0. The van der Waals surface area contributed by atoms with Crippen LogP contribution in [-0.4, -0.2) is 23.2 Å². The van der Waals surface area contributed by atoms with Crippen LogP contribution in [-0.2, 0) is 0 Å². The Labute approximate surface area is 194 Å². The Kier molecular flexibility index (Phi) is 8.05. The Balaban J connectivity index is 1.72. The van der Waals surface area contributed by atoms with Gasteiger partial charge in [0.25, 0.3) is 0 Å². The van der Waals surface area contributed by atoms with Gasteiger partial charge in [-0.15, -0.1) is 0 Å². The van der Waals surface area contributed by atoms with E-state index in [0.29, 0.717) is 47.1 Å². The maximum absolute atomic E-state index is 12.7. The molecule has 2 aromatic rings. The molecule has 3 rings (SSSR count). The number of aliphatic hydroxyl groups is 1. The fourth-order valence-electron chi connectivity index (χ4n) is 3.63. The normalized spacial score (nSPS) is 18.9. The Morgan fingerprint density at radius 1 is 1.12 bits per heavy atom. The molecule has 0 spiro atoms. The lowest BCUT2D eigenvalue weighted by Gasteiger charge is -2.26. The van der Waals surface area contributed by atoms with Crippen LogP contribution in [0.25, 0.3) is 0 Å². The summed E-state index contributed by atoms with van der Waals surface area (Å²) in [5.41, 5.74) is 14.6. The number of hydrogen-bond acceptors (Lipinski definition) is 7. The van der Waals surface area contributed by atoms with E-state index in [2.05, 4.69) is 23.5 Å². The SMILES string of the molecule is C=C/C=N\C(Oc1ccc(C(=O)C(=C)Nc2ccccc2N)cc1)=C(/N)[C@H]1CC[C@@H](O)CC1. The van der Waals surface area contributed by atoms with Crippen LogP contribution in [0, 0.1) is 5.92 Å². The molecule has 1 aliphatic rings. The van der Waals surface area contributed by atoms with E-state index in [1.54, 1.807) is 42.5 Å². The zero-order chi connectivity index (χ0) is 23.8. The second kappa shape index (κ2) is 11.2. The highest BCUT2D eigenvalue weighted by atomic mass is 16.5. The van der Waals surface area contributed by atoms with Crippen LogP contribution in [0.4, 0.5) is 11.4 Å². The molecule has 0 heterocycles. The zero-order valence-corrected chi connectivity index (χ0v) is 18.5. The fourth-order valence-corrected chi connectivity index (χ4v) is 3.63. The van der Waals surface area contributed by atoms with Crippen molar-refractivity contribution in [2.24, 2.45) is 16.6 Å². The average Bonchev–Trinajstić information content (AvgIpc) is 2.83. The van der Waals surface area contributed by atoms with Crippen molar-refractivity contribution in [1.29, 1.82) is 0 Å². The number of hydrogen-bond donors (Lipinski definition) is 4. The van der Waals surface area contributed by atoms with Gasteiger partial charge < -0.3 is 26.6 Å². The Bertz CT molecular complexity index is 1070. The number of rotatable bonds is 9. The number of carbonyl (C=O) groups excluding carboxylic acids is 1. The molecule has 0 aliphatic heterocycles. The van der Waals surface area contributed by atoms with Gasteiger partial charge >= 0.3 is 0 Å². The first-order valence-corrected chi connectivity index (χ1v) is 10.8. The molecule has 0 saturated heterocycles. The maximum atomic E-state index is 12.7. The molecule has 0 aromatic heterocycles. The fraction of sp³-hybridized carbons (Fsp3) is 0.231. The quantitative estimate of drug-likeness (QED) is 0.149. The van der Waals surface area contributed by atoms with Crippen LogP contribution >= 0.6 is 0 Å². The molecule has 7 heteroatoms. The summed E-state index contributed by atoms with van der Waals surface area (Å²) < 4.78 is 5.95. The molecular weight excluding hydrogens is 416 g/mol. The van der Waals surface area contributed by atoms with Crippen molar-refractivity contribution in [3.8, 4) is 5.75 Å². The zero-order valence-electron chi connectivity index (χ0n) is 18.5. The minimum absolute atomic E-state index is 0.0889. The number of para-hydroxylation sites is 2. The number of anilines is 2. The molecule has 0 bridgehead atoms. The summed E-state index contributed by atoms with van der Waals surface area (Å²) in [6, 6.07) is 13.8. The predicted octanol–water partition coefficient (Wildman–Crippen LogP) is 4.39. The molecule has 0 amide bonds. The molecule has 33 heavy (non-hydrogen) atoms. The molecule has 0 unspecified atom stereocenters. The second-order valence-corrected chi connectivity index (χ2v) is 7.93. The molecule has 7 nitrogen and oxygen atoms in total. The smallest absolute Gasteiger partial charge is 0.238 e. The number of Topliss-reactive ketones (excluding diaryl/α,β-unsaturated/α-hetero) is 1. The van der Waals surface area contributed by atoms with Crippen LogP contribution in [0.3, 0.4) is 0 Å². The van der Waals surface area contributed by atoms with Crippen molar-refractivity contribution < 1.29 is 14.6 Å². The number of nitrogen functional groups attached to an aromatic ring is 1. The largest absolute Gasteiger partial charge is 0.437 e. The van der Waals surface area contributed by atoms with Gasteiger partial charge in [0.15, 0.2) is 0 Å². The molecule has 2 aromatic carbocycles. The standard InChI is InChI=1S/C26H30N4O3/c1-3-16-29-26(24(28)18-8-12-20(31)13-9-18)33-21-14-10-19(11-15-21)25(32)17(2)30-23-7-5-4-6-22(23)27/h3-7,10-11,14-16,18,20,30-31H,1-2,8-9,12-13,27-28H2/b26-24+,29-16-/t18-,20+. The topological polar surface area (TPSA) is 123 Å². The predicted molar refractivity (Wildman–Crippen MR) is 133 cm³/mol. The molecule has 172 valence electrons. The Hall–Kier alpha value is -3.84. The van der Waals surface area contributed by atoms with Crippen molar-refractivity contribution in [3.63, 3.8) is 0 Å². The number of ketones is 1. The van der Waals surface area contributed by atoms with Crippen molar-refractivity contribution in [3.05, 3.63) is 90.6 Å². The van der Waals surface area contributed by atoms with Crippen LogP contribution in [0.15, 0.2) is 90.0 Å². The lowest BCUT2D eigenvalue weighted by Crippen LogP contribution is -2.24. The van der Waals surface area contributed by atoms with Gasteiger partial charge in [0, 0.05) is 17.7 Å². The third kappa shape index (κ3) is 6.33. The summed E-state index contributed by atoms with van der Waals surface area (Å²) in [6.45, 7) is 7.48. The first kappa shape index (κ1) is 23.8. The van der Waals surface area contributed by atoms with Crippen molar-refractivity contribution in [2.45, 2.75) is 31.8 Å². The van der Waals surface area contributed by atoms with E-state index >= 15 is 0 Å². The molecule has 6 N–H and O–H groups in total. The van der Waals surface area contributed by atoms with Gasteiger partial charge in [-0.05, 0) is 62.1 Å². The number of nitrogens with two attached hydrogens (primary N) is 2. The first-order chi connectivity index (χ1) is 15.9. The van der Waals surface area contributed by atoms with Crippen LogP contribution in [0.2, 0.25) is 0 Å². The van der Waals surface area contributed by atoms with Crippen LogP contribution < -0.4 is 21.5 Å². The minimum Gasteiger partial charge on any atom is -0.437 e. The van der Waals surface area contributed by atoms with Crippen molar-refractivity contribution in [2.75, 3.05) is 11.1 Å². The summed E-state index contributed by atoms with van der Waals surface area (Å²) >= 11 is 0. The summed E-state index contributed by atoms with van der Waals surface area (Å²) in [7, 11) is 0. The number of ether oxygens (including phenoxy) is 1. The van der Waals surface area contributed by atoms with Gasteiger partial charge in [-0.1, -0.05) is 31.4 Å². The van der Waals surface area contributed by atoms with Crippen LogP contribution in [0.5, 0.6) is 5.75 Å². The Morgan fingerprint density at radius 3 is 2.42 bits per heavy atom. The van der Waals surface area contributed by atoms with E-state index in [9.17, 15) is 9.90 Å². The van der Waals surface area contributed by atoms with E-state index in [4.69, 9.17) is 16.2 Å². The van der Waals surface area contributed by atoms with Gasteiger partial charge in [-0.3, -0.25) is 4.79 Å². The van der Waals surface area contributed by atoms with E-state index < -0.39 is 0 Å². The van der Waals surface area contributed by atoms with Crippen molar-refractivity contribution >= 4 is 23.4 Å². The van der Waals surface area contributed by atoms with E-state index in [-0.39, 0.29) is 23.5 Å². The molecule has 1 aliphatic carbocycles. The van der Waals surface area contributed by atoms with Gasteiger partial charge in [0.2, 0.25) is 11.7 Å². The highest BCUT2D eigenvalue weighted by Gasteiger charge is 2.24. The highest BCUT2D eigenvalue weighted by Crippen LogP contribution is 2.30. The molecule has 0 atom stereocenters. The average molecular weight is 447 g/mol. The molecule has 1 fully saturated rings. The monoisotopic (exact) mass is 446 g/mol. The molecular formula is C26H30N4O3. The number of allylic oxidation sites excluding steroid dienone is 3. The third-order valence-electron chi connectivity index (χ3n) is 5.53. The number of benzene rings is 2. The van der Waals surface area contributed by atoms with Crippen LogP contribution in [0.1, 0.15) is 36.0 Å². The van der Waals surface area contributed by atoms with Gasteiger partial charge in [-0.2, -0.15) is 0 Å². The minimum atomic E-state index is -0.275. The lowest BCUT2D eigenvalue weighted by atomic mass is 9.85. The number of nitrogens with one attached hydrogen (secondary N) is 1. The highest BCUT2D eigenvalue weighted by molar-refractivity contribution is 6.10. The number of carbonyl (C=O) groups is 1. The maximum Gasteiger partial charge on any atom is 0.238 e. The number of aliphatic hydroxyl groups excluding tert-OH is 1. The van der Waals surface area contributed by atoms with Gasteiger partial charge in [0.05, 0.1) is 28.9 Å². The third-order valence-corrected chi connectivity index (χ3v) is 5.53. The van der Waals surface area contributed by atoms with Crippen molar-refractivity contribution in [1.82, 2.24) is 0 Å².